The summed E-state index contributed by atoms with van der Waals surface area (Å²) in [4.78, 5) is 16.4. The van der Waals surface area contributed by atoms with Gasteiger partial charge in [-0.3, -0.25) is 9.78 Å². The van der Waals surface area contributed by atoms with Crippen molar-refractivity contribution in [1.29, 1.82) is 0 Å². The number of primary sulfonamides is 1. The number of aromatic nitrogens is 1. The van der Waals surface area contributed by atoms with Gasteiger partial charge in [0, 0.05) is 23.9 Å². The summed E-state index contributed by atoms with van der Waals surface area (Å²) in [6.07, 6.45) is 8.88. The van der Waals surface area contributed by atoms with E-state index in [0.29, 0.717) is 17.7 Å². The van der Waals surface area contributed by atoms with Gasteiger partial charge >= 0.3 is 0 Å². The molecule has 3 aromatic rings. The first-order valence-electron chi connectivity index (χ1n) is 11.7. The number of sulfonamides is 1. The van der Waals surface area contributed by atoms with E-state index in [4.69, 9.17) is 14.6 Å². The van der Waals surface area contributed by atoms with Gasteiger partial charge in [-0.1, -0.05) is 30.3 Å². The minimum Gasteiger partial charge on any atom is -0.493 e. The van der Waals surface area contributed by atoms with E-state index in [9.17, 15) is 13.2 Å². The number of ether oxygens (including phenoxy) is 2. The van der Waals surface area contributed by atoms with Crippen molar-refractivity contribution >= 4 is 15.8 Å². The third-order valence-electron chi connectivity index (χ3n) is 6.34. The van der Waals surface area contributed by atoms with Gasteiger partial charge in [0.2, 0.25) is 10.0 Å². The molecule has 1 aliphatic carbocycles. The van der Waals surface area contributed by atoms with E-state index >= 15 is 0 Å². The first kappa shape index (κ1) is 24.9. The number of nitrogens with zero attached hydrogens (tertiary/aromatic N) is 1. The van der Waals surface area contributed by atoms with E-state index in [1.165, 1.54) is 12.8 Å². The standard InChI is InChI=1S/C27H30N2O5S/c1-33-26-11-10-22(17-27(26)34-23-4-2-3-5-23)24(16-19-12-14-29-15-13-19)20-6-8-21(9-7-20)25(30)18-35(28,31)32/h6-15,17,23-24H,2-5,16,18H2,1H3,(H2,28,31,32)/t24-/m1/s1. The van der Waals surface area contributed by atoms with Crippen LogP contribution in [0.5, 0.6) is 11.5 Å². The number of nitrogens with two attached hydrogens (primary N) is 1. The maximum Gasteiger partial charge on any atom is 0.216 e. The Labute approximate surface area is 206 Å². The summed E-state index contributed by atoms with van der Waals surface area (Å²) in [6, 6.07) is 17.0. The van der Waals surface area contributed by atoms with Crippen LogP contribution in [0.2, 0.25) is 0 Å². The second kappa shape index (κ2) is 11.0. The molecule has 1 aliphatic rings. The molecule has 0 bridgehead atoms. The molecule has 4 rings (SSSR count). The van der Waals surface area contributed by atoms with E-state index in [-0.39, 0.29) is 12.0 Å². The van der Waals surface area contributed by atoms with Crippen LogP contribution in [0.25, 0.3) is 0 Å². The molecule has 0 saturated heterocycles. The molecule has 2 N–H and O–H groups in total. The Balaban J connectivity index is 1.67. The van der Waals surface area contributed by atoms with E-state index in [1.807, 2.05) is 42.5 Å². The van der Waals surface area contributed by atoms with Gasteiger partial charge in [-0.05, 0) is 73.1 Å². The fourth-order valence-electron chi connectivity index (χ4n) is 4.54. The molecule has 0 radical (unpaired) electrons. The molecule has 1 atom stereocenters. The summed E-state index contributed by atoms with van der Waals surface area (Å²) in [7, 11) is -2.24. The highest BCUT2D eigenvalue weighted by molar-refractivity contribution is 7.89. The predicted molar refractivity (Wildman–Crippen MR) is 134 cm³/mol. The number of rotatable bonds is 10. The molecular formula is C27H30N2O5S. The molecule has 1 aromatic heterocycles. The van der Waals surface area contributed by atoms with Crippen LogP contribution in [0.3, 0.4) is 0 Å². The van der Waals surface area contributed by atoms with Crippen LogP contribution in [0.4, 0.5) is 0 Å². The first-order chi connectivity index (χ1) is 16.8. The number of benzene rings is 2. The molecule has 0 unspecified atom stereocenters. The zero-order valence-electron chi connectivity index (χ0n) is 19.7. The van der Waals surface area contributed by atoms with Crippen molar-refractivity contribution in [2.75, 3.05) is 12.9 Å². The zero-order valence-corrected chi connectivity index (χ0v) is 20.5. The minimum atomic E-state index is -3.88. The fraction of sp³-hybridized carbons (Fsp3) is 0.333. The molecule has 1 heterocycles. The lowest BCUT2D eigenvalue weighted by Gasteiger charge is -2.22. The summed E-state index contributed by atoms with van der Waals surface area (Å²) in [6.45, 7) is 0. The van der Waals surface area contributed by atoms with Gasteiger partial charge in [0.15, 0.2) is 17.3 Å². The van der Waals surface area contributed by atoms with Crippen molar-refractivity contribution in [2.24, 2.45) is 5.14 Å². The van der Waals surface area contributed by atoms with Crippen molar-refractivity contribution < 1.29 is 22.7 Å². The highest BCUT2D eigenvalue weighted by Gasteiger charge is 2.22. The number of Topliss-reactive ketones (excluding diaryl/α,β-unsaturated/α-hetero) is 1. The molecule has 35 heavy (non-hydrogen) atoms. The largest absolute Gasteiger partial charge is 0.493 e. The molecular weight excluding hydrogens is 464 g/mol. The normalized spacial score (nSPS) is 15.0. The highest BCUT2D eigenvalue weighted by Crippen LogP contribution is 2.37. The zero-order chi connectivity index (χ0) is 24.8. The Morgan fingerprint density at radius 3 is 2.29 bits per heavy atom. The van der Waals surface area contributed by atoms with E-state index in [0.717, 1.165) is 35.3 Å². The van der Waals surface area contributed by atoms with Crippen LogP contribution < -0.4 is 14.6 Å². The topological polar surface area (TPSA) is 109 Å². The van der Waals surface area contributed by atoms with E-state index in [2.05, 4.69) is 4.98 Å². The van der Waals surface area contributed by atoms with Gasteiger partial charge in [-0.15, -0.1) is 0 Å². The predicted octanol–water partition coefficient (Wildman–Crippen LogP) is 4.26. The Morgan fingerprint density at radius 1 is 1.00 bits per heavy atom. The Bertz CT molecular complexity index is 1250. The molecule has 0 aliphatic heterocycles. The summed E-state index contributed by atoms with van der Waals surface area (Å²) < 4.78 is 34.5. The van der Waals surface area contributed by atoms with Gasteiger partial charge in [0.25, 0.3) is 0 Å². The number of pyridine rings is 1. The van der Waals surface area contributed by atoms with Crippen molar-refractivity contribution in [2.45, 2.75) is 44.1 Å². The molecule has 7 nitrogen and oxygen atoms in total. The summed E-state index contributed by atoms with van der Waals surface area (Å²) >= 11 is 0. The van der Waals surface area contributed by atoms with Gasteiger partial charge in [0.05, 0.1) is 13.2 Å². The minimum absolute atomic E-state index is 0.0309. The third kappa shape index (κ3) is 6.68. The van der Waals surface area contributed by atoms with Crippen LogP contribution >= 0.6 is 0 Å². The summed E-state index contributed by atoms with van der Waals surface area (Å²) in [5.74, 6) is 0.162. The number of ketones is 1. The van der Waals surface area contributed by atoms with Gasteiger partial charge < -0.3 is 9.47 Å². The van der Waals surface area contributed by atoms with Crippen molar-refractivity contribution in [3.8, 4) is 11.5 Å². The number of carbonyl (C=O) groups excluding carboxylic acids is 1. The number of hydrogen-bond donors (Lipinski definition) is 1. The van der Waals surface area contributed by atoms with E-state index in [1.54, 1.807) is 31.6 Å². The van der Waals surface area contributed by atoms with Crippen LogP contribution in [-0.2, 0) is 16.4 Å². The number of hydrogen-bond acceptors (Lipinski definition) is 6. The second-order valence-corrected chi connectivity index (χ2v) is 10.5. The number of methoxy groups -OCH3 is 1. The lowest BCUT2D eigenvalue weighted by molar-refractivity contribution is 0.102. The highest BCUT2D eigenvalue weighted by atomic mass is 32.2. The van der Waals surface area contributed by atoms with Crippen LogP contribution in [0.1, 0.15) is 58.6 Å². The van der Waals surface area contributed by atoms with Crippen molar-refractivity contribution in [1.82, 2.24) is 4.98 Å². The van der Waals surface area contributed by atoms with Gasteiger partial charge in [-0.2, -0.15) is 0 Å². The monoisotopic (exact) mass is 494 g/mol. The maximum absolute atomic E-state index is 12.3. The average molecular weight is 495 g/mol. The Hall–Kier alpha value is -3.23. The van der Waals surface area contributed by atoms with Crippen molar-refractivity contribution in [3.05, 3.63) is 89.2 Å². The van der Waals surface area contributed by atoms with Gasteiger partial charge in [-0.25, -0.2) is 13.6 Å². The SMILES string of the molecule is COc1ccc([C@H](Cc2ccncc2)c2ccc(C(=O)CS(N)(=O)=O)cc2)cc1OC1CCCC1. The average Bonchev–Trinajstić information content (AvgIpc) is 3.35. The first-order valence-corrected chi connectivity index (χ1v) is 13.4. The van der Waals surface area contributed by atoms with Crippen LogP contribution in [0, 0.1) is 0 Å². The molecule has 8 heteroatoms. The Morgan fingerprint density at radius 2 is 1.66 bits per heavy atom. The fourth-order valence-corrected chi connectivity index (χ4v) is 5.07. The molecule has 2 aromatic carbocycles. The quantitative estimate of drug-likeness (QED) is 0.422. The van der Waals surface area contributed by atoms with Crippen LogP contribution in [0.15, 0.2) is 67.0 Å². The van der Waals surface area contributed by atoms with Crippen LogP contribution in [-0.4, -0.2) is 38.2 Å². The molecule has 0 amide bonds. The Kier molecular flexibility index (Phi) is 7.83. The van der Waals surface area contributed by atoms with Gasteiger partial charge in [0.1, 0.15) is 5.75 Å². The smallest absolute Gasteiger partial charge is 0.216 e. The summed E-state index contributed by atoms with van der Waals surface area (Å²) in [5, 5.41) is 5.03. The van der Waals surface area contributed by atoms with Crippen molar-refractivity contribution in [3.63, 3.8) is 0 Å². The second-order valence-electron chi connectivity index (χ2n) is 8.90. The summed E-state index contributed by atoms with van der Waals surface area (Å²) in [5.41, 5.74) is 3.48. The molecule has 0 spiro atoms. The third-order valence-corrected chi connectivity index (χ3v) is 7.01. The molecule has 1 fully saturated rings. The van der Waals surface area contributed by atoms with E-state index < -0.39 is 21.6 Å². The molecule has 184 valence electrons. The lowest BCUT2D eigenvalue weighted by Crippen LogP contribution is -2.23. The lowest BCUT2D eigenvalue weighted by atomic mass is 9.85. The molecule has 1 saturated carbocycles. The number of carbonyl (C=O) groups is 1. The maximum atomic E-state index is 12.3.